The van der Waals surface area contributed by atoms with E-state index in [1.54, 1.807) is 12.3 Å². The summed E-state index contributed by atoms with van der Waals surface area (Å²) in [5.74, 6) is -0.124. The number of hydrogen-bond acceptors (Lipinski definition) is 3. The molecule has 4 nitrogen and oxygen atoms in total. The molecule has 0 aliphatic carbocycles. The molecular weight excluding hydrogens is 238 g/mol. The second-order valence-electron chi connectivity index (χ2n) is 5.34. The average Bonchev–Trinajstić information content (AvgIpc) is 2.37. The standard InChI is InChI=1S/C15H19N3O/c1-10(16)15(2,3)18-14(19)12-6-4-8-13-11(12)7-5-9-17-13/h4-10H,16H2,1-3H3,(H,18,19). The molecule has 4 heteroatoms. The minimum atomic E-state index is -0.457. The van der Waals surface area contributed by atoms with E-state index in [9.17, 15) is 4.79 Å². The van der Waals surface area contributed by atoms with Gasteiger partial charge in [0.05, 0.1) is 5.52 Å². The van der Waals surface area contributed by atoms with Crippen LogP contribution in [0.5, 0.6) is 0 Å². The van der Waals surface area contributed by atoms with Gasteiger partial charge in [-0.15, -0.1) is 0 Å². The molecule has 0 bridgehead atoms. The van der Waals surface area contributed by atoms with Gasteiger partial charge >= 0.3 is 0 Å². The molecule has 3 N–H and O–H groups in total. The van der Waals surface area contributed by atoms with E-state index in [0.717, 1.165) is 10.9 Å². The highest BCUT2D eigenvalue weighted by Gasteiger charge is 2.25. The second-order valence-corrected chi connectivity index (χ2v) is 5.34. The zero-order chi connectivity index (χ0) is 14.0. The van der Waals surface area contributed by atoms with Crippen molar-refractivity contribution in [1.82, 2.24) is 10.3 Å². The molecule has 0 saturated carbocycles. The summed E-state index contributed by atoms with van der Waals surface area (Å²) in [6.45, 7) is 5.71. The van der Waals surface area contributed by atoms with E-state index in [4.69, 9.17) is 5.73 Å². The van der Waals surface area contributed by atoms with Gasteiger partial charge in [-0.3, -0.25) is 9.78 Å². The first kappa shape index (κ1) is 13.5. The van der Waals surface area contributed by atoms with Crippen molar-refractivity contribution in [3.8, 4) is 0 Å². The lowest BCUT2D eigenvalue weighted by Gasteiger charge is -2.30. The SMILES string of the molecule is CC(N)C(C)(C)NC(=O)c1cccc2ncccc12. The zero-order valence-corrected chi connectivity index (χ0v) is 11.5. The number of rotatable bonds is 3. The van der Waals surface area contributed by atoms with E-state index < -0.39 is 5.54 Å². The third-order valence-electron chi connectivity index (χ3n) is 3.46. The molecule has 0 spiro atoms. The Morgan fingerprint density at radius 1 is 1.32 bits per heavy atom. The van der Waals surface area contributed by atoms with Crippen LogP contribution in [-0.2, 0) is 0 Å². The number of pyridine rings is 1. The fraction of sp³-hybridized carbons (Fsp3) is 0.333. The van der Waals surface area contributed by atoms with E-state index in [-0.39, 0.29) is 11.9 Å². The Kier molecular flexibility index (Phi) is 3.53. The van der Waals surface area contributed by atoms with E-state index in [0.29, 0.717) is 5.56 Å². The van der Waals surface area contributed by atoms with Crippen molar-refractivity contribution in [3.63, 3.8) is 0 Å². The van der Waals surface area contributed by atoms with Crippen molar-refractivity contribution in [2.75, 3.05) is 0 Å². The van der Waals surface area contributed by atoms with Crippen LogP contribution in [0.1, 0.15) is 31.1 Å². The Bertz CT molecular complexity index is 600. The molecule has 1 unspecified atom stereocenters. The van der Waals surface area contributed by atoms with E-state index >= 15 is 0 Å². The molecule has 0 aliphatic heterocycles. The van der Waals surface area contributed by atoms with Crippen LogP contribution >= 0.6 is 0 Å². The summed E-state index contributed by atoms with van der Waals surface area (Å²) in [6, 6.07) is 9.12. The van der Waals surface area contributed by atoms with E-state index in [1.165, 1.54) is 0 Å². The van der Waals surface area contributed by atoms with Gasteiger partial charge in [0.25, 0.3) is 5.91 Å². The molecule has 1 atom stereocenters. The van der Waals surface area contributed by atoms with Crippen molar-refractivity contribution < 1.29 is 4.79 Å². The van der Waals surface area contributed by atoms with Gasteiger partial charge in [0.2, 0.25) is 0 Å². The Labute approximate surface area is 113 Å². The molecule has 0 fully saturated rings. The van der Waals surface area contributed by atoms with Gasteiger partial charge in [0, 0.05) is 28.7 Å². The number of aromatic nitrogens is 1. The van der Waals surface area contributed by atoms with Crippen LogP contribution in [0.3, 0.4) is 0 Å². The highest BCUT2D eigenvalue weighted by Crippen LogP contribution is 2.17. The molecule has 1 heterocycles. The number of amides is 1. The highest BCUT2D eigenvalue weighted by molar-refractivity contribution is 6.06. The summed E-state index contributed by atoms with van der Waals surface area (Å²) < 4.78 is 0. The summed E-state index contributed by atoms with van der Waals surface area (Å²) >= 11 is 0. The van der Waals surface area contributed by atoms with Gasteiger partial charge in [-0.1, -0.05) is 12.1 Å². The van der Waals surface area contributed by atoms with Gasteiger partial charge in [-0.25, -0.2) is 0 Å². The molecular formula is C15H19N3O. The summed E-state index contributed by atoms with van der Waals surface area (Å²) in [4.78, 5) is 16.6. The molecule has 1 aromatic heterocycles. The molecule has 2 aromatic rings. The quantitative estimate of drug-likeness (QED) is 0.884. The maximum atomic E-state index is 12.4. The third-order valence-corrected chi connectivity index (χ3v) is 3.46. The van der Waals surface area contributed by atoms with Crippen LogP contribution in [0.25, 0.3) is 10.9 Å². The lowest BCUT2D eigenvalue weighted by molar-refractivity contribution is 0.0905. The monoisotopic (exact) mass is 257 g/mol. The van der Waals surface area contributed by atoms with Crippen LogP contribution in [0.2, 0.25) is 0 Å². The molecule has 0 radical (unpaired) electrons. The van der Waals surface area contributed by atoms with Crippen LogP contribution in [-0.4, -0.2) is 22.5 Å². The molecule has 0 saturated heterocycles. The van der Waals surface area contributed by atoms with Crippen LogP contribution in [0.4, 0.5) is 0 Å². The minimum absolute atomic E-state index is 0.124. The fourth-order valence-electron chi connectivity index (χ4n) is 1.78. The number of nitrogens with zero attached hydrogens (tertiary/aromatic N) is 1. The number of carbonyl (C=O) groups excluding carboxylic acids is 1. The first-order chi connectivity index (χ1) is 8.92. The normalized spacial score (nSPS) is 13.3. The highest BCUT2D eigenvalue weighted by atomic mass is 16.1. The summed E-state index contributed by atoms with van der Waals surface area (Å²) in [5, 5.41) is 3.82. The number of benzene rings is 1. The van der Waals surface area contributed by atoms with Gasteiger partial charge in [0.1, 0.15) is 0 Å². The van der Waals surface area contributed by atoms with Crippen molar-refractivity contribution in [2.45, 2.75) is 32.4 Å². The number of hydrogen-bond donors (Lipinski definition) is 2. The smallest absolute Gasteiger partial charge is 0.252 e. The zero-order valence-electron chi connectivity index (χ0n) is 11.5. The van der Waals surface area contributed by atoms with Crippen molar-refractivity contribution in [3.05, 3.63) is 42.1 Å². The predicted octanol–water partition coefficient (Wildman–Crippen LogP) is 2.09. The van der Waals surface area contributed by atoms with E-state index in [2.05, 4.69) is 10.3 Å². The predicted molar refractivity (Wildman–Crippen MR) is 76.9 cm³/mol. The van der Waals surface area contributed by atoms with Gasteiger partial charge in [-0.2, -0.15) is 0 Å². The summed E-state index contributed by atoms with van der Waals surface area (Å²) in [6.07, 6.45) is 1.72. The topological polar surface area (TPSA) is 68.0 Å². The number of fused-ring (bicyclic) bond motifs is 1. The number of carbonyl (C=O) groups is 1. The average molecular weight is 257 g/mol. The van der Waals surface area contributed by atoms with Crippen LogP contribution < -0.4 is 11.1 Å². The maximum Gasteiger partial charge on any atom is 0.252 e. The molecule has 19 heavy (non-hydrogen) atoms. The van der Waals surface area contributed by atoms with Gasteiger partial charge in [-0.05, 0) is 39.0 Å². The second kappa shape index (κ2) is 4.97. The third kappa shape index (κ3) is 2.74. The first-order valence-corrected chi connectivity index (χ1v) is 6.33. The Morgan fingerprint density at radius 3 is 2.74 bits per heavy atom. The largest absolute Gasteiger partial charge is 0.346 e. The summed E-state index contributed by atoms with van der Waals surface area (Å²) in [7, 11) is 0. The molecule has 1 amide bonds. The van der Waals surface area contributed by atoms with Crippen LogP contribution in [0, 0.1) is 0 Å². The molecule has 2 rings (SSSR count). The van der Waals surface area contributed by atoms with Gasteiger partial charge in [0.15, 0.2) is 0 Å². The van der Waals surface area contributed by atoms with Crippen LogP contribution in [0.15, 0.2) is 36.5 Å². The van der Waals surface area contributed by atoms with Crippen molar-refractivity contribution in [1.29, 1.82) is 0 Å². The number of nitrogens with one attached hydrogen (secondary N) is 1. The number of nitrogens with two attached hydrogens (primary N) is 1. The minimum Gasteiger partial charge on any atom is -0.346 e. The lowest BCUT2D eigenvalue weighted by atomic mass is 9.96. The van der Waals surface area contributed by atoms with Crippen molar-refractivity contribution >= 4 is 16.8 Å². The van der Waals surface area contributed by atoms with Crippen molar-refractivity contribution in [2.24, 2.45) is 5.73 Å². The Hall–Kier alpha value is -1.94. The fourth-order valence-corrected chi connectivity index (χ4v) is 1.78. The molecule has 0 aliphatic rings. The Morgan fingerprint density at radius 2 is 2.05 bits per heavy atom. The first-order valence-electron chi connectivity index (χ1n) is 6.33. The Balaban J connectivity index is 2.37. The summed E-state index contributed by atoms with van der Waals surface area (Å²) in [5.41, 5.74) is 6.86. The molecule has 100 valence electrons. The maximum absolute atomic E-state index is 12.4. The van der Waals surface area contributed by atoms with E-state index in [1.807, 2.05) is 45.0 Å². The molecule has 1 aromatic carbocycles. The van der Waals surface area contributed by atoms with Gasteiger partial charge < -0.3 is 11.1 Å². The lowest BCUT2D eigenvalue weighted by Crippen LogP contribution is -2.54.